The molecule has 0 aliphatic heterocycles. The molecule has 2 aromatic heterocycles. The quantitative estimate of drug-likeness (QED) is 0.180. The van der Waals surface area contributed by atoms with Gasteiger partial charge in [-0.05, 0) is 69.8 Å². The van der Waals surface area contributed by atoms with Crippen molar-refractivity contribution in [3.05, 3.63) is 182 Å². The summed E-state index contributed by atoms with van der Waals surface area (Å²) >= 11 is 1.86. The molecule has 0 saturated heterocycles. The minimum atomic E-state index is 0.724. The SMILES string of the molecule is c1ccc(-c2cc(-c3ccccc3)cc(-c3cccc4c3sc3ccc(-c5cc(-c6ccccc6)nc(-c6ccccc6)n5)cc34)c2)cc1. The monoisotopic (exact) mass is 642 g/mol. The average Bonchev–Trinajstić information content (AvgIpc) is 3.57. The number of hydrogen-bond donors (Lipinski definition) is 0. The molecule has 9 aromatic rings. The second-order valence-electron chi connectivity index (χ2n) is 12.2. The predicted molar refractivity (Wildman–Crippen MR) is 208 cm³/mol. The molecule has 0 N–H and O–H groups in total. The summed E-state index contributed by atoms with van der Waals surface area (Å²) in [4.78, 5) is 10.1. The lowest BCUT2D eigenvalue weighted by molar-refractivity contribution is 1.18. The van der Waals surface area contributed by atoms with Crippen molar-refractivity contribution in [3.8, 4) is 67.3 Å². The molecule has 9 rings (SSSR count). The lowest BCUT2D eigenvalue weighted by atomic mass is 9.93. The van der Waals surface area contributed by atoms with E-state index < -0.39 is 0 Å². The lowest BCUT2D eigenvalue weighted by Gasteiger charge is -2.12. The van der Waals surface area contributed by atoms with Crippen molar-refractivity contribution in [3.63, 3.8) is 0 Å². The Balaban J connectivity index is 1.20. The van der Waals surface area contributed by atoms with Crippen LogP contribution in [0, 0.1) is 0 Å². The maximum atomic E-state index is 5.11. The van der Waals surface area contributed by atoms with E-state index >= 15 is 0 Å². The lowest BCUT2D eigenvalue weighted by Crippen LogP contribution is -1.95. The molecule has 230 valence electrons. The van der Waals surface area contributed by atoms with Crippen molar-refractivity contribution in [1.29, 1.82) is 0 Å². The fraction of sp³-hybridized carbons (Fsp3) is 0. The summed E-state index contributed by atoms with van der Waals surface area (Å²) in [6, 6.07) is 64.5. The zero-order chi connectivity index (χ0) is 32.6. The van der Waals surface area contributed by atoms with Gasteiger partial charge in [-0.1, -0.05) is 146 Å². The number of thiophene rings is 1. The highest BCUT2D eigenvalue weighted by Crippen LogP contribution is 2.43. The highest BCUT2D eigenvalue weighted by molar-refractivity contribution is 7.26. The molecule has 0 amide bonds. The van der Waals surface area contributed by atoms with Crippen LogP contribution in [0.1, 0.15) is 0 Å². The Morgan fingerprint density at radius 2 is 0.857 bits per heavy atom. The summed E-state index contributed by atoms with van der Waals surface area (Å²) < 4.78 is 2.55. The molecule has 3 heteroatoms. The zero-order valence-electron chi connectivity index (χ0n) is 26.6. The van der Waals surface area contributed by atoms with Gasteiger partial charge in [-0.2, -0.15) is 0 Å². The third kappa shape index (κ3) is 5.61. The fourth-order valence-corrected chi connectivity index (χ4v) is 7.85. The van der Waals surface area contributed by atoms with E-state index in [-0.39, 0.29) is 0 Å². The molecule has 49 heavy (non-hydrogen) atoms. The molecule has 0 bridgehead atoms. The Kier molecular flexibility index (Phi) is 7.38. The number of nitrogens with zero attached hydrogens (tertiary/aromatic N) is 2. The van der Waals surface area contributed by atoms with Gasteiger partial charge in [0.15, 0.2) is 5.82 Å². The van der Waals surface area contributed by atoms with Crippen molar-refractivity contribution in [2.75, 3.05) is 0 Å². The van der Waals surface area contributed by atoms with E-state index in [1.807, 2.05) is 35.6 Å². The zero-order valence-corrected chi connectivity index (χ0v) is 27.4. The number of fused-ring (bicyclic) bond motifs is 3. The van der Waals surface area contributed by atoms with E-state index in [0.717, 1.165) is 33.9 Å². The largest absolute Gasteiger partial charge is 0.228 e. The molecule has 0 atom stereocenters. The third-order valence-electron chi connectivity index (χ3n) is 9.08. The summed E-state index contributed by atoms with van der Waals surface area (Å²) in [5, 5.41) is 2.49. The number of benzene rings is 7. The average molecular weight is 643 g/mol. The Bertz CT molecular complexity index is 2460. The van der Waals surface area contributed by atoms with Gasteiger partial charge in [0, 0.05) is 36.9 Å². The van der Waals surface area contributed by atoms with Crippen LogP contribution < -0.4 is 0 Å². The molecule has 0 aliphatic carbocycles. The van der Waals surface area contributed by atoms with Crippen LogP contribution in [0.5, 0.6) is 0 Å². The Morgan fingerprint density at radius 3 is 1.47 bits per heavy atom. The molecule has 0 saturated carbocycles. The van der Waals surface area contributed by atoms with E-state index in [9.17, 15) is 0 Å². The van der Waals surface area contributed by atoms with Gasteiger partial charge in [-0.3, -0.25) is 0 Å². The predicted octanol–water partition coefficient (Wildman–Crippen LogP) is 12.8. The van der Waals surface area contributed by atoms with E-state index in [1.54, 1.807) is 0 Å². The molecule has 0 unspecified atom stereocenters. The van der Waals surface area contributed by atoms with E-state index in [1.165, 1.54) is 53.6 Å². The first-order valence-electron chi connectivity index (χ1n) is 16.5. The maximum Gasteiger partial charge on any atom is 0.160 e. The molecule has 0 spiro atoms. The van der Waals surface area contributed by atoms with E-state index in [2.05, 4.69) is 158 Å². The van der Waals surface area contributed by atoms with Gasteiger partial charge in [-0.25, -0.2) is 9.97 Å². The molecular weight excluding hydrogens is 613 g/mol. The topological polar surface area (TPSA) is 25.8 Å². The van der Waals surface area contributed by atoms with Crippen LogP contribution in [0.2, 0.25) is 0 Å². The van der Waals surface area contributed by atoms with Crippen LogP contribution in [0.25, 0.3) is 87.5 Å². The minimum absolute atomic E-state index is 0.724. The summed E-state index contributed by atoms with van der Waals surface area (Å²) in [6.45, 7) is 0. The van der Waals surface area contributed by atoms with Crippen molar-refractivity contribution < 1.29 is 0 Å². The first-order chi connectivity index (χ1) is 24.3. The molecule has 0 fully saturated rings. The van der Waals surface area contributed by atoms with Crippen LogP contribution in [-0.2, 0) is 0 Å². The molecule has 2 heterocycles. The van der Waals surface area contributed by atoms with E-state index in [4.69, 9.17) is 9.97 Å². The number of aromatic nitrogens is 2. The summed E-state index contributed by atoms with van der Waals surface area (Å²) in [6.07, 6.45) is 0. The van der Waals surface area contributed by atoms with Crippen molar-refractivity contribution >= 4 is 31.5 Å². The van der Waals surface area contributed by atoms with Gasteiger partial charge in [0.1, 0.15) is 0 Å². The number of rotatable bonds is 6. The van der Waals surface area contributed by atoms with E-state index in [0.29, 0.717) is 0 Å². The van der Waals surface area contributed by atoms with Crippen LogP contribution >= 0.6 is 11.3 Å². The maximum absolute atomic E-state index is 5.11. The van der Waals surface area contributed by atoms with Crippen LogP contribution in [0.4, 0.5) is 0 Å². The summed E-state index contributed by atoms with van der Waals surface area (Å²) in [7, 11) is 0. The normalized spacial score (nSPS) is 11.3. The Hall–Kier alpha value is -6.16. The summed E-state index contributed by atoms with van der Waals surface area (Å²) in [5.41, 5.74) is 12.3. The second kappa shape index (κ2) is 12.5. The molecule has 0 radical (unpaired) electrons. The number of hydrogen-bond acceptors (Lipinski definition) is 3. The Morgan fingerprint density at radius 1 is 0.327 bits per heavy atom. The highest BCUT2D eigenvalue weighted by Gasteiger charge is 2.16. The molecular formula is C46H30N2S. The first-order valence-corrected chi connectivity index (χ1v) is 17.3. The van der Waals surface area contributed by atoms with Crippen molar-refractivity contribution in [2.24, 2.45) is 0 Å². The standard InChI is InChI=1S/C46H30N2S/c1-5-14-31(15-6-1)36-26-37(32-16-7-2-8-17-32)28-38(27-36)39-22-13-23-40-41-29-35(24-25-44(41)49-45(39)40)43-30-42(33-18-9-3-10-19-33)47-46(48-43)34-20-11-4-12-21-34/h1-30H. The minimum Gasteiger partial charge on any atom is -0.228 e. The van der Waals surface area contributed by atoms with Gasteiger partial charge in [-0.15, -0.1) is 11.3 Å². The summed E-state index contributed by atoms with van der Waals surface area (Å²) in [5.74, 6) is 0.724. The molecule has 0 aliphatic rings. The fourth-order valence-electron chi connectivity index (χ4n) is 6.63. The molecule has 2 nitrogen and oxygen atoms in total. The van der Waals surface area contributed by atoms with Gasteiger partial charge in [0.2, 0.25) is 0 Å². The van der Waals surface area contributed by atoms with Gasteiger partial charge < -0.3 is 0 Å². The van der Waals surface area contributed by atoms with Gasteiger partial charge in [0.05, 0.1) is 11.4 Å². The van der Waals surface area contributed by atoms with Crippen LogP contribution in [0.3, 0.4) is 0 Å². The first kappa shape index (κ1) is 29.0. The van der Waals surface area contributed by atoms with Crippen molar-refractivity contribution in [2.45, 2.75) is 0 Å². The van der Waals surface area contributed by atoms with Crippen LogP contribution in [-0.4, -0.2) is 9.97 Å². The smallest absolute Gasteiger partial charge is 0.160 e. The highest BCUT2D eigenvalue weighted by atomic mass is 32.1. The van der Waals surface area contributed by atoms with Gasteiger partial charge >= 0.3 is 0 Å². The molecule has 7 aromatic carbocycles. The van der Waals surface area contributed by atoms with Crippen molar-refractivity contribution in [1.82, 2.24) is 9.97 Å². The van der Waals surface area contributed by atoms with Crippen LogP contribution in [0.15, 0.2) is 182 Å². The van der Waals surface area contributed by atoms with Gasteiger partial charge in [0.25, 0.3) is 0 Å². The Labute approximate surface area is 289 Å². The third-order valence-corrected chi connectivity index (χ3v) is 10.3. The second-order valence-corrected chi connectivity index (χ2v) is 13.3.